The number of rotatable bonds is 5. The lowest BCUT2D eigenvalue weighted by Crippen LogP contribution is -2.45. The zero-order chi connectivity index (χ0) is 14.6. The summed E-state index contributed by atoms with van der Waals surface area (Å²) in [4.78, 5) is 2.01. The Morgan fingerprint density at radius 1 is 1.25 bits per heavy atom. The molecule has 1 aliphatic heterocycles. The van der Waals surface area contributed by atoms with Crippen LogP contribution in [0, 0.1) is 11.6 Å². The first kappa shape index (κ1) is 15.1. The summed E-state index contributed by atoms with van der Waals surface area (Å²) in [5.74, 6) is -1.63. The van der Waals surface area contributed by atoms with Crippen LogP contribution in [0.15, 0.2) is 18.2 Å². The SMILES string of the molecule is O=S(=O)(CCN1CCNCC1)Nc1cc(F)ccc1F. The van der Waals surface area contributed by atoms with E-state index in [1.165, 1.54) is 0 Å². The Labute approximate surface area is 117 Å². The smallest absolute Gasteiger partial charge is 0.234 e. The van der Waals surface area contributed by atoms with Crippen molar-refractivity contribution in [2.24, 2.45) is 0 Å². The number of sulfonamides is 1. The highest BCUT2D eigenvalue weighted by atomic mass is 32.2. The van der Waals surface area contributed by atoms with Crippen molar-refractivity contribution in [3.8, 4) is 0 Å². The molecule has 0 aliphatic carbocycles. The second kappa shape index (κ2) is 6.47. The Bertz CT molecular complexity index is 560. The van der Waals surface area contributed by atoms with Gasteiger partial charge in [0.05, 0.1) is 11.4 Å². The van der Waals surface area contributed by atoms with Crippen LogP contribution in [0.1, 0.15) is 0 Å². The van der Waals surface area contributed by atoms with Crippen LogP contribution >= 0.6 is 0 Å². The maximum Gasteiger partial charge on any atom is 0.234 e. The number of nitrogens with one attached hydrogen (secondary N) is 2. The lowest BCUT2D eigenvalue weighted by molar-refractivity contribution is 0.254. The van der Waals surface area contributed by atoms with Crippen LogP contribution in [0.25, 0.3) is 0 Å². The highest BCUT2D eigenvalue weighted by molar-refractivity contribution is 7.92. The molecule has 5 nitrogen and oxygen atoms in total. The summed E-state index contributed by atoms with van der Waals surface area (Å²) in [5, 5.41) is 3.17. The number of hydrogen-bond acceptors (Lipinski definition) is 4. The van der Waals surface area contributed by atoms with Crippen LogP contribution in [0.2, 0.25) is 0 Å². The first-order chi connectivity index (χ1) is 9.46. The number of piperazine rings is 1. The third-order valence-corrected chi connectivity index (χ3v) is 4.33. The fourth-order valence-electron chi connectivity index (χ4n) is 1.98. The summed E-state index contributed by atoms with van der Waals surface area (Å²) < 4.78 is 52.2. The second-order valence-electron chi connectivity index (χ2n) is 4.64. The molecule has 0 spiro atoms. The summed E-state index contributed by atoms with van der Waals surface area (Å²) in [5.41, 5.74) is -0.356. The van der Waals surface area contributed by atoms with Gasteiger partial charge in [-0.2, -0.15) is 0 Å². The zero-order valence-corrected chi connectivity index (χ0v) is 11.7. The Hall–Kier alpha value is -1.25. The molecule has 20 heavy (non-hydrogen) atoms. The third kappa shape index (κ3) is 4.39. The van der Waals surface area contributed by atoms with Gasteiger partial charge >= 0.3 is 0 Å². The van der Waals surface area contributed by atoms with Crippen molar-refractivity contribution in [1.29, 1.82) is 0 Å². The van der Waals surface area contributed by atoms with Gasteiger partial charge in [0.25, 0.3) is 0 Å². The van der Waals surface area contributed by atoms with Gasteiger partial charge in [-0.3, -0.25) is 9.62 Å². The van der Waals surface area contributed by atoms with Crippen molar-refractivity contribution in [3.63, 3.8) is 0 Å². The second-order valence-corrected chi connectivity index (χ2v) is 6.48. The fourth-order valence-corrected chi connectivity index (χ4v) is 3.07. The van der Waals surface area contributed by atoms with E-state index in [4.69, 9.17) is 0 Å². The Morgan fingerprint density at radius 2 is 1.95 bits per heavy atom. The summed E-state index contributed by atoms with van der Waals surface area (Å²) >= 11 is 0. The van der Waals surface area contributed by atoms with E-state index in [1.54, 1.807) is 0 Å². The first-order valence-corrected chi connectivity index (χ1v) is 8.00. The summed E-state index contributed by atoms with van der Waals surface area (Å²) in [6, 6.07) is 2.66. The average molecular weight is 305 g/mol. The number of hydrogen-bond donors (Lipinski definition) is 2. The molecule has 0 saturated carbocycles. The van der Waals surface area contributed by atoms with Crippen LogP contribution in [0.3, 0.4) is 0 Å². The lowest BCUT2D eigenvalue weighted by atomic mass is 10.3. The molecule has 0 bridgehead atoms. The molecule has 1 saturated heterocycles. The first-order valence-electron chi connectivity index (χ1n) is 6.35. The molecule has 1 aromatic rings. The Balaban J connectivity index is 1.94. The molecule has 112 valence electrons. The Kier molecular flexibility index (Phi) is 4.90. The van der Waals surface area contributed by atoms with Gasteiger partial charge in [0.15, 0.2) is 0 Å². The molecule has 0 aromatic heterocycles. The maximum absolute atomic E-state index is 13.4. The Morgan fingerprint density at radius 3 is 2.65 bits per heavy atom. The van der Waals surface area contributed by atoms with E-state index in [0.29, 0.717) is 6.54 Å². The number of halogens is 2. The van der Waals surface area contributed by atoms with E-state index in [2.05, 4.69) is 10.0 Å². The van der Waals surface area contributed by atoms with E-state index >= 15 is 0 Å². The highest BCUT2D eigenvalue weighted by Crippen LogP contribution is 2.16. The van der Waals surface area contributed by atoms with Gasteiger partial charge in [-0.15, -0.1) is 0 Å². The molecule has 1 aromatic carbocycles. The van der Waals surface area contributed by atoms with E-state index in [1.807, 2.05) is 4.90 Å². The minimum Gasteiger partial charge on any atom is -0.314 e. The van der Waals surface area contributed by atoms with E-state index in [-0.39, 0.29) is 11.4 Å². The molecule has 2 rings (SSSR count). The van der Waals surface area contributed by atoms with Gasteiger partial charge in [-0.25, -0.2) is 17.2 Å². The molecule has 8 heteroatoms. The van der Waals surface area contributed by atoms with Crippen LogP contribution in [0.4, 0.5) is 14.5 Å². The van der Waals surface area contributed by atoms with Crippen LogP contribution in [-0.2, 0) is 10.0 Å². The number of benzene rings is 1. The molecule has 1 fully saturated rings. The predicted octanol–water partition coefficient (Wildman–Crippen LogP) is 0.612. The molecule has 2 N–H and O–H groups in total. The van der Waals surface area contributed by atoms with Crippen molar-refractivity contribution >= 4 is 15.7 Å². The van der Waals surface area contributed by atoms with Crippen molar-refractivity contribution in [2.75, 3.05) is 43.2 Å². The van der Waals surface area contributed by atoms with Crippen molar-refractivity contribution in [2.45, 2.75) is 0 Å². The quantitative estimate of drug-likeness (QED) is 0.837. The molecular formula is C12H17F2N3O2S. The van der Waals surface area contributed by atoms with Gasteiger partial charge in [-0.05, 0) is 12.1 Å². The normalized spacial score (nSPS) is 17.1. The van der Waals surface area contributed by atoms with Gasteiger partial charge in [0.2, 0.25) is 10.0 Å². The molecule has 0 amide bonds. The average Bonchev–Trinajstić information content (AvgIpc) is 2.42. The minimum absolute atomic E-state index is 0.150. The summed E-state index contributed by atoms with van der Waals surface area (Å²) in [6.45, 7) is 3.58. The van der Waals surface area contributed by atoms with Gasteiger partial charge in [0.1, 0.15) is 11.6 Å². The van der Waals surface area contributed by atoms with Gasteiger partial charge in [-0.1, -0.05) is 0 Å². The predicted molar refractivity (Wildman–Crippen MR) is 73.1 cm³/mol. The minimum atomic E-state index is -3.69. The van der Waals surface area contributed by atoms with E-state index < -0.39 is 21.7 Å². The van der Waals surface area contributed by atoms with Crippen LogP contribution in [0.5, 0.6) is 0 Å². The number of nitrogens with zero attached hydrogens (tertiary/aromatic N) is 1. The topological polar surface area (TPSA) is 61.4 Å². The molecule has 0 atom stereocenters. The van der Waals surface area contributed by atoms with Crippen LogP contribution in [-0.4, -0.2) is 51.8 Å². The maximum atomic E-state index is 13.4. The number of anilines is 1. The van der Waals surface area contributed by atoms with Crippen molar-refractivity contribution in [1.82, 2.24) is 10.2 Å². The molecule has 0 unspecified atom stereocenters. The van der Waals surface area contributed by atoms with Crippen molar-refractivity contribution < 1.29 is 17.2 Å². The van der Waals surface area contributed by atoms with Gasteiger partial charge < -0.3 is 5.32 Å². The lowest BCUT2D eigenvalue weighted by Gasteiger charge is -2.26. The molecule has 1 aliphatic rings. The largest absolute Gasteiger partial charge is 0.314 e. The van der Waals surface area contributed by atoms with Crippen LogP contribution < -0.4 is 10.0 Å². The molecule has 1 heterocycles. The van der Waals surface area contributed by atoms with E-state index in [9.17, 15) is 17.2 Å². The summed E-state index contributed by atoms with van der Waals surface area (Å²) in [6.07, 6.45) is 0. The molecular weight excluding hydrogens is 288 g/mol. The highest BCUT2D eigenvalue weighted by Gasteiger charge is 2.17. The monoisotopic (exact) mass is 305 g/mol. The van der Waals surface area contributed by atoms with Gasteiger partial charge in [0, 0.05) is 38.8 Å². The summed E-state index contributed by atoms with van der Waals surface area (Å²) in [7, 11) is -3.69. The fraction of sp³-hybridized carbons (Fsp3) is 0.500. The third-order valence-electron chi connectivity index (χ3n) is 3.08. The van der Waals surface area contributed by atoms with Crippen molar-refractivity contribution in [3.05, 3.63) is 29.8 Å². The molecule has 0 radical (unpaired) electrons. The van der Waals surface area contributed by atoms with E-state index in [0.717, 1.165) is 44.4 Å². The standard InChI is InChI=1S/C12H17F2N3O2S/c13-10-1-2-11(14)12(9-10)16-20(18,19)8-7-17-5-3-15-4-6-17/h1-2,9,15-16H,3-8H2. The zero-order valence-electron chi connectivity index (χ0n) is 10.9.